The van der Waals surface area contributed by atoms with E-state index in [0.29, 0.717) is 12.2 Å². The van der Waals surface area contributed by atoms with E-state index in [1.54, 1.807) is 18.3 Å². The van der Waals surface area contributed by atoms with Gasteiger partial charge in [0.25, 0.3) is 10.0 Å². The Morgan fingerprint density at radius 1 is 1.13 bits per heavy atom. The number of aromatic nitrogens is 3. The first-order chi connectivity index (χ1) is 14.4. The predicted octanol–water partition coefficient (Wildman–Crippen LogP) is 3.45. The molecule has 2 aromatic heterocycles. The molecule has 3 heterocycles. The molecule has 0 bridgehead atoms. The fraction of sp³-hybridized carbons (Fsp3) is 0.381. The van der Waals surface area contributed by atoms with Gasteiger partial charge in [0.2, 0.25) is 5.95 Å². The van der Waals surface area contributed by atoms with Crippen LogP contribution in [0.5, 0.6) is 0 Å². The highest BCUT2D eigenvalue weighted by Gasteiger charge is 2.41. The van der Waals surface area contributed by atoms with Crippen LogP contribution in [-0.2, 0) is 22.1 Å². The fourth-order valence-corrected chi connectivity index (χ4v) is 5.69. The van der Waals surface area contributed by atoms with E-state index in [0.717, 1.165) is 48.1 Å². The van der Waals surface area contributed by atoms with Gasteiger partial charge < -0.3 is 10.3 Å². The molecule has 156 valence electrons. The van der Waals surface area contributed by atoms with Crippen molar-refractivity contribution in [1.29, 1.82) is 0 Å². The summed E-state index contributed by atoms with van der Waals surface area (Å²) >= 11 is 0. The quantitative estimate of drug-likeness (QED) is 0.625. The average molecular weight is 425 g/mol. The smallest absolute Gasteiger partial charge is 0.264 e. The number of nitrogens with two attached hydrogens (primary N) is 1. The SMILES string of the molecule is CC1=NCc2cc3cnc(NS(=O)(=O)c4ccc(N)cc4)nc3n2C12CCCCC2. The van der Waals surface area contributed by atoms with Crippen molar-refractivity contribution in [3.8, 4) is 0 Å². The fourth-order valence-electron chi connectivity index (χ4n) is 4.74. The number of nitrogens with zero attached hydrogens (tertiary/aromatic N) is 4. The Morgan fingerprint density at radius 2 is 1.87 bits per heavy atom. The van der Waals surface area contributed by atoms with Gasteiger partial charge in [-0.2, -0.15) is 4.98 Å². The molecule has 3 N–H and O–H groups in total. The summed E-state index contributed by atoms with van der Waals surface area (Å²) in [4.78, 5) is 13.8. The zero-order chi connectivity index (χ0) is 20.9. The molecule has 0 amide bonds. The number of benzene rings is 1. The summed E-state index contributed by atoms with van der Waals surface area (Å²) in [5.41, 5.74) is 8.99. The van der Waals surface area contributed by atoms with Crippen molar-refractivity contribution in [2.45, 2.75) is 56.0 Å². The summed E-state index contributed by atoms with van der Waals surface area (Å²) in [6.07, 6.45) is 7.25. The number of nitrogens with one attached hydrogen (secondary N) is 1. The van der Waals surface area contributed by atoms with Crippen LogP contribution >= 0.6 is 0 Å². The molecule has 1 saturated carbocycles. The van der Waals surface area contributed by atoms with Crippen LogP contribution in [0, 0.1) is 0 Å². The first-order valence-electron chi connectivity index (χ1n) is 10.2. The molecule has 8 nitrogen and oxygen atoms in total. The van der Waals surface area contributed by atoms with Gasteiger partial charge in [-0.05, 0) is 50.1 Å². The monoisotopic (exact) mass is 424 g/mol. The third kappa shape index (κ3) is 2.96. The number of sulfonamides is 1. The van der Waals surface area contributed by atoms with Crippen molar-refractivity contribution in [2.75, 3.05) is 10.5 Å². The number of rotatable bonds is 3. The van der Waals surface area contributed by atoms with E-state index in [1.165, 1.54) is 18.6 Å². The van der Waals surface area contributed by atoms with Gasteiger partial charge in [0.05, 0.1) is 17.0 Å². The van der Waals surface area contributed by atoms with E-state index in [1.807, 2.05) is 0 Å². The Balaban J connectivity index is 1.58. The molecular formula is C21H24N6O2S. The van der Waals surface area contributed by atoms with Crippen LogP contribution in [0.15, 0.2) is 46.4 Å². The van der Waals surface area contributed by atoms with E-state index in [9.17, 15) is 8.42 Å². The van der Waals surface area contributed by atoms with Gasteiger partial charge in [0.1, 0.15) is 5.65 Å². The lowest BCUT2D eigenvalue weighted by Gasteiger charge is -2.42. The summed E-state index contributed by atoms with van der Waals surface area (Å²) in [5.74, 6) is 0.0614. The van der Waals surface area contributed by atoms with Crippen LogP contribution < -0.4 is 10.5 Å². The van der Waals surface area contributed by atoms with Crippen molar-refractivity contribution < 1.29 is 8.42 Å². The minimum atomic E-state index is -3.81. The number of hydrogen-bond donors (Lipinski definition) is 2. The Bertz CT molecular complexity index is 1250. The lowest BCUT2D eigenvalue weighted by molar-refractivity contribution is 0.274. The molecule has 0 radical (unpaired) electrons. The van der Waals surface area contributed by atoms with Crippen LogP contribution in [0.25, 0.3) is 11.0 Å². The first kappa shape index (κ1) is 19.0. The Kier molecular flexibility index (Phi) is 4.32. The molecule has 0 atom stereocenters. The highest BCUT2D eigenvalue weighted by Crippen LogP contribution is 2.42. The van der Waals surface area contributed by atoms with Crippen LogP contribution in [-0.4, -0.2) is 28.7 Å². The van der Waals surface area contributed by atoms with Crippen LogP contribution in [0.3, 0.4) is 0 Å². The molecular weight excluding hydrogens is 400 g/mol. The number of aliphatic imine (C=N–C) groups is 1. The molecule has 30 heavy (non-hydrogen) atoms. The molecule has 1 spiro atoms. The first-order valence-corrected chi connectivity index (χ1v) is 11.7. The number of nitrogen functional groups attached to an aromatic ring is 1. The van der Waals surface area contributed by atoms with Crippen molar-refractivity contribution in [3.05, 3.63) is 42.2 Å². The van der Waals surface area contributed by atoms with Gasteiger partial charge in [0, 0.05) is 28.7 Å². The Morgan fingerprint density at radius 3 is 2.60 bits per heavy atom. The number of hydrogen-bond acceptors (Lipinski definition) is 6. The van der Waals surface area contributed by atoms with Crippen LogP contribution in [0.4, 0.5) is 11.6 Å². The molecule has 0 unspecified atom stereocenters. The van der Waals surface area contributed by atoms with Crippen molar-refractivity contribution >= 4 is 38.4 Å². The minimum absolute atomic E-state index is 0.0614. The van der Waals surface area contributed by atoms with Gasteiger partial charge in [-0.25, -0.2) is 18.1 Å². The second-order valence-corrected chi connectivity index (χ2v) is 9.79. The molecule has 3 aromatic rings. The van der Waals surface area contributed by atoms with Crippen LogP contribution in [0.2, 0.25) is 0 Å². The van der Waals surface area contributed by atoms with Crippen LogP contribution in [0.1, 0.15) is 44.7 Å². The summed E-state index contributed by atoms with van der Waals surface area (Å²) in [6, 6.07) is 8.10. The van der Waals surface area contributed by atoms with Gasteiger partial charge in [-0.3, -0.25) is 4.99 Å². The zero-order valence-corrected chi connectivity index (χ0v) is 17.6. The summed E-state index contributed by atoms with van der Waals surface area (Å²) in [6.45, 7) is 2.71. The summed E-state index contributed by atoms with van der Waals surface area (Å²) < 4.78 is 30.3. The Hall–Kier alpha value is -2.94. The van der Waals surface area contributed by atoms with Crippen molar-refractivity contribution in [3.63, 3.8) is 0 Å². The lowest BCUT2D eigenvalue weighted by Crippen LogP contribution is -2.45. The maximum atomic E-state index is 12.8. The summed E-state index contributed by atoms with van der Waals surface area (Å²) in [7, 11) is -3.81. The third-order valence-corrected chi connectivity index (χ3v) is 7.64. The van der Waals surface area contributed by atoms with E-state index >= 15 is 0 Å². The minimum Gasteiger partial charge on any atom is -0.399 e. The van der Waals surface area contributed by atoms with Gasteiger partial charge in [0.15, 0.2) is 0 Å². The molecule has 1 aromatic carbocycles. The molecule has 1 aliphatic carbocycles. The molecule has 0 saturated heterocycles. The predicted molar refractivity (Wildman–Crippen MR) is 117 cm³/mol. The summed E-state index contributed by atoms with van der Waals surface area (Å²) in [5, 5.41) is 0.898. The van der Waals surface area contributed by atoms with Crippen molar-refractivity contribution in [2.24, 2.45) is 4.99 Å². The Labute approximate surface area is 175 Å². The lowest BCUT2D eigenvalue weighted by atomic mass is 9.77. The standard InChI is InChI=1S/C21H24N6O2S/c1-14-21(9-3-2-4-10-21)27-17(13-23-14)11-15-12-24-20(25-19(15)27)26-30(28,29)18-7-5-16(22)6-8-18/h5-8,11-12H,2-4,9-10,13,22H2,1H3,(H,24,25,26). The van der Waals surface area contributed by atoms with E-state index < -0.39 is 10.0 Å². The van der Waals surface area contributed by atoms with Gasteiger partial charge in [-0.1, -0.05) is 19.3 Å². The molecule has 1 fully saturated rings. The molecule has 9 heteroatoms. The van der Waals surface area contributed by atoms with Gasteiger partial charge in [-0.15, -0.1) is 0 Å². The zero-order valence-electron chi connectivity index (χ0n) is 16.8. The normalized spacial score (nSPS) is 18.2. The number of fused-ring (bicyclic) bond motifs is 4. The maximum Gasteiger partial charge on any atom is 0.264 e. The highest BCUT2D eigenvalue weighted by atomic mass is 32.2. The second kappa shape index (κ2) is 6.80. The largest absolute Gasteiger partial charge is 0.399 e. The van der Waals surface area contributed by atoms with Gasteiger partial charge >= 0.3 is 0 Å². The second-order valence-electron chi connectivity index (χ2n) is 8.11. The average Bonchev–Trinajstić information content (AvgIpc) is 3.11. The van der Waals surface area contributed by atoms with E-state index in [4.69, 9.17) is 10.7 Å². The van der Waals surface area contributed by atoms with Crippen molar-refractivity contribution in [1.82, 2.24) is 14.5 Å². The topological polar surface area (TPSA) is 115 Å². The molecule has 2 aliphatic rings. The highest BCUT2D eigenvalue weighted by molar-refractivity contribution is 7.92. The maximum absolute atomic E-state index is 12.8. The molecule has 1 aliphatic heterocycles. The third-order valence-electron chi connectivity index (χ3n) is 6.29. The number of anilines is 2. The van der Waals surface area contributed by atoms with E-state index in [-0.39, 0.29) is 16.4 Å². The van der Waals surface area contributed by atoms with E-state index in [2.05, 4.69) is 32.2 Å². The molecule has 5 rings (SSSR count).